The summed E-state index contributed by atoms with van der Waals surface area (Å²) in [6, 6.07) is 10.7. The van der Waals surface area contributed by atoms with Gasteiger partial charge in [0.2, 0.25) is 0 Å². The molecule has 2 rings (SSSR count). The number of nitroso groups, excluding NO2 is 1. The highest BCUT2D eigenvalue weighted by molar-refractivity contribution is 5.91. The molecule has 0 amide bonds. The van der Waals surface area contributed by atoms with Gasteiger partial charge < -0.3 is 4.74 Å². The van der Waals surface area contributed by atoms with Crippen molar-refractivity contribution in [3.8, 4) is 5.75 Å². The Bertz CT molecular complexity index is 649. The van der Waals surface area contributed by atoms with Crippen LogP contribution < -0.4 is 4.74 Å². The van der Waals surface area contributed by atoms with Crippen molar-refractivity contribution in [2.24, 2.45) is 5.18 Å². The molecule has 0 radical (unpaired) electrons. The van der Waals surface area contributed by atoms with Crippen molar-refractivity contribution in [1.82, 2.24) is 0 Å². The Hall–Kier alpha value is -3.09. The van der Waals surface area contributed by atoms with Gasteiger partial charge in [-0.3, -0.25) is 10.1 Å². The molecule has 2 aromatic carbocycles. The van der Waals surface area contributed by atoms with Crippen LogP contribution in [0.3, 0.4) is 0 Å². The smallest absolute Gasteiger partial charge is 0.343 e. The van der Waals surface area contributed by atoms with Crippen molar-refractivity contribution < 1.29 is 14.5 Å². The first kappa shape index (κ1) is 13.3. The van der Waals surface area contributed by atoms with E-state index in [0.29, 0.717) is 0 Å². The van der Waals surface area contributed by atoms with Crippen LogP contribution in [-0.4, -0.2) is 10.9 Å². The first-order valence-corrected chi connectivity index (χ1v) is 5.50. The first-order valence-electron chi connectivity index (χ1n) is 5.50. The fourth-order valence-electron chi connectivity index (χ4n) is 1.46. The van der Waals surface area contributed by atoms with Crippen molar-refractivity contribution in [1.29, 1.82) is 0 Å². The summed E-state index contributed by atoms with van der Waals surface area (Å²) in [5.41, 5.74) is 0.360. The molecule has 0 heterocycles. The third kappa shape index (κ3) is 3.02. The number of hydrogen-bond acceptors (Lipinski definition) is 6. The average Bonchev–Trinajstić information content (AvgIpc) is 2.48. The molecule has 0 N–H and O–H groups in total. The number of carbonyl (C=O) groups excluding carboxylic acids is 1. The maximum Gasteiger partial charge on any atom is 0.343 e. The second kappa shape index (κ2) is 5.70. The van der Waals surface area contributed by atoms with Gasteiger partial charge in [-0.1, -0.05) is 0 Å². The molecular weight excluding hydrogens is 264 g/mol. The predicted octanol–water partition coefficient (Wildman–Crippen LogP) is 3.21. The first-order chi connectivity index (χ1) is 9.60. The molecule has 20 heavy (non-hydrogen) atoms. The molecule has 0 atom stereocenters. The molecule has 0 saturated carbocycles. The van der Waals surface area contributed by atoms with E-state index in [1.807, 2.05) is 0 Å². The van der Waals surface area contributed by atoms with Crippen LogP contribution >= 0.6 is 0 Å². The molecule has 7 nitrogen and oxygen atoms in total. The minimum atomic E-state index is -0.628. The monoisotopic (exact) mass is 272 g/mol. The van der Waals surface area contributed by atoms with Crippen LogP contribution in [0.2, 0.25) is 0 Å². The number of hydrogen-bond donors (Lipinski definition) is 0. The van der Waals surface area contributed by atoms with Crippen molar-refractivity contribution in [3.63, 3.8) is 0 Å². The summed E-state index contributed by atoms with van der Waals surface area (Å²) < 4.78 is 5.04. The van der Waals surface area contributed by atoms with Crippen LogP contribution in [0.15, 0.2) is 53.7 Å². The van der Waals surface area contributed by atoms with Gasteiger partial charge in [0.05, 0.1) is 10.5 Å². The molecule has 0 aliphatic heterocycles. The zero-order valence-corrected chi connectivity index (χ0v) is 10.1. The van der Waals surface area contributed by atoms with E-state index in [0.717, 1.165) is 0 Å². The summed E-state index contributed by atoms with van der Waals surface area (Å²) in [4.78, 5) is 31.9. The standard InChI is InChI=1S/C13H8N2O5/c16-13(9-1-3-10(14-17)4-2-9)20-12-7-5-11(6-8-12)15(18)19/h1-8H. The zero-order valence-electron chi connectivity index (χ0n) is 10.1. The second-order valence-electron chi connectivity index (χ2n) is 3.78. The molecule has 0 aromatic heterocycles. The summed E-state index contributed by atoms with van der Waals surface area (Å²) >= 11 is 0. The van der Waals surface area contributed by atoms with E-state index in [1.54, 1.807) is 0 Å². The molecule has 0 saturated heterocycles. The van der Waals surface area contributed by atoms with Crippen LogP contribution in [-0.2, 0) is 0 Å². The fraction of sp³-hybridized carbons (Fsp3) is 0. The number of benzene rings is 2. The number of nitro groups is 1. The van der Waals surface area contributed by atoms with Gasteiger partial charge >= 0.3 is 5.97 Å². The number of esters is 1. The molecule has 0 bridgehead atoms. The summed E-state index contributed by atoms with van der Waals surface area (Å²) in [5.74, 6) is -0.436. The fourth-order valence-corrected chi connectivity index (χ4v) is 1.46. The lowest BCUT2D eigenvalue weighted by molar-refractivity contribution is -0.384. The van der Waals surface area contributed by atoms with E-state index in [4.69, 9.17) is 4.74 Å². The third-order valence-corrected chi connectivity index (χ3v) is 2.47. The van der Waals surface area contributed by atoms with Crippen molar-refractivity contribution in [2.75, 3.05) is 0 Å². The van der Waals surface area contributed by atoms with Crippen molar-refractivity contribution in [3.05, 3.63) is 69.1 Å². The molecule has 0 spiro atoms. The Morgan fingerprint density at radius 2 is 1.65 bits per heavy atom. The van der Waals surface area contributed by atoms with Gasteiger partial charge in [0.15, 0.2) is 0 Å². The third-order valence-electron chi connectivity index (χ3n) is 2.47. The minimum Gasteiger partial charge on any atom is -0.423 e. The van der Waals surface area contributed by atoms with Crippen LogP contribution in [0, 0.1) is 15.0 Å². The molecule has 0 fully saturated rings. The molecule has 2 aromatic rings. The maximum absolute atomic E-state index is 11.8. The van der Waals surface area contributed by atoms with Crippen molar-refractivity contribution >= 4 is 17.3 Å². The Morgan fingerprint density at radius 1 is 1.05 bits per heavy atom. The lowest BCUT2D eigenvalue weighted by atomic mass is 10.2. The van der Waals surface area contributed by atoms with Gasteiger partial charge in [-0.2, -0.15) is 0 Å². The van der Waals surface area contributed by atoms with Crippen LogP contribution in [0.5, 0.6) is 5.75 Å². The van der Waals surface area contributed by atoms with Crippen LogP contribution in [0.1, 0.15) is 10.4 Å². The van der Waals surface area contributed by atoms with Gasteiger partial charge in [0.1, 0.15) is 11.4 Å². The molecule has 0 aliphatic carbocycles. The van der Waals surface area contributed by atoms with Crippen molar-refractivity contribution in [2.45, 2.75) is 0 Å². The number of rotatable bonds is 4. The van der Waals surface area contributed by atoms with E-state index < -0.39 is 10.9 Å². The SMILES string of the molecule is O=Nc1ccc(C(=O)Oc2ccc([N+](=O)[O-])cc2)cc1. The number of non-ortho nitro benzene ring substituents is 1. The highest BCUT2D eigenvalue weighted by Crippen LogP contribution is 2.19. The van der Waals surface area contributed by atoms with E-state index in [1.165, 1.54) is 48.5 Å². The molecule has 0 unspecified atom stereocenters. The summed E-state index contributed by atoms with van der Waals surface area (Å²) in [6.45, 7) is 0. The molecule has 100 valence electrons. The topological polar surface area (TPSA) is 98.9 Å². The van der Waals surface area contributed by atoms with E-state index in [2.05, 4.69) is 5.18 Å². The quantitative estimate of drug-likeness (QED) is 0.280. The Labute approximate surface area is 112 Å². The predicted molar refractivity (Wildman–Crippen MR) is 70.0 cm³/mol. The number of ether oxygens (including phenoxy) is 1. The highest BCUT2D eigenvalue weighted by atomic mass is 16.6. The van der Waals surface area contributed by atoms with Crippen LogP contribution in [0.25, 0.3) is 0 Å². The second-order valence-corrected chi connectivity index (χ2v) is 3.78. The summed E-state index contributed by atoms with van der Waals surface area (Å²) in [5, 5.41) is 13.2. The lowest BCUT2D eigenvalue weighted by Crippen LogP contribution is -2.08. The maximum atomic E-state index is 11.8. The lowest BCUT2D eigenvalue weighted by Gasteiger charge is -2.03. The number of nitro benzene ring substituents is 1. The van der Waals surface area contributed by atoms with E-state index in [9.17, 15) is 19.8 Å². The summed E-state index contributed by atoms with van der Waals surface area (Å²) in [7, 11) is 0. The molecule has 0 aliphatic rings. The van der Waals surface area contributed by atoms with Gasteiger partial charge in [-0.15, -0.1) is 4.91 Å². The Kier molecular flexibility index (Phi) is 3.80. The Morgan fingerprint density at radius 3 is 2.15 bits per heavy atom. The molecular formula is C13H8N2O5. The van der Waals surface area contributed by atoms with Gasteiger partial charge in [-0.25, -0.2) is 4.79 Å². The molecule has 7 heteroatoms. The number of nitrogens with zero attached hydrogens (tertiary/aromatic N) is 2. The van der Waals surface area contributed by atoms with Gasteiger partial charge in [-0.05, 0) is 41.6 Å². The van der Waals surface area contributed by atoms with E-state index in [-0.39, 0.29) is 22.7 Å². The highest BCUT2D eigenvalue weighted by Gasteiger charge is 2.10. The average molecular weight is 272 g/mol. The number of carbonyl (C=O) groups is 1. The minimum absolute atomic E-state index is 0.0915. The van der Waals surface area contributed by atoms with Gasteiger partial charge in [0.25, 0.3) is 5.69 Å². The van der Waals surface area contributed by atoms with E-state index >= 15 is 0 Å². The summed E-state index contributed by atoms with van der Waals surface area (Å²) in [6.07, 6.45) is 0. The van der Waals surface area contributed by atoms with Gasteiger partial charge in [0, 0.05) is 12.1 Å². The Balaban J connectivity index is 2.10. The normalized spacial score (nSPS) is 9.80. The largest absolute Gasteiger partial charge is 0.423 e. The van der Waals surface area contributed by atoms with Crippen LogP contribution in [0.4, 0.5) is 11.4 Å². The zero-order chi connectivity index (χ0) is 14.5.